The fourth-order valence-electron chi connectivity index (χ4n) is 3.35. The van der Waals surface area contributed by atoms with Crippen LogP contribution in [0.5, 0.6) is 11.5 Å². The molecule has 0 fully saturated rings. The van der Waals surface area contributed by atoms with Crippen LogP contribution in [0.1, 0.15) is 21.5 Å². The third-order valence-electron chi connectivity index (χ3n) is 4.93. The van der Waals surface area contributed by atoms with Gasteiger partial charge in [-0.1, -0.05) is 35.9 Å². The second kappa shape index (κ2) is 11.0. The summed E-state index contributed by atoms with van der Waals surface area (Å²) in [7, 11) is 1.56. The van der Waals surface area contributed by atoms with Crippen molar-refractivity contribution in [3.63, 3.8) is 0 Å². The molecule has 0 spiro atoms. The molecule has 6 nitrogen and oxygen atoms in total. The number of amides is 1. The molecule has 0 saturated heterocycles. The molecule has 0 atom stereocenters. The molecule has 1 N–H and O–H groups in total. The minimum Gasteiger partial charge on any atom is -0.493 e. The topological polar surface area (TPSA) is 64.8 Å². The van der Waals surface area contributed by atoms with Gasteiger partial charge in [-0.2, -0.15) is 5.10 Å². The van der Waals surface area contributed by atoms with E-state index in [9.17, 15) is 4.79 Å². The van der Waals surface area contributed by atoms with Crippen LogP contribution in [0.3, 0.4) is 0 Å². The fourth-order valence-corrected chi connectivity index (χ4v) is 4.14. The van der Waals surface area contributed by atoms with Crippen LogP contribution in [-0.2, 0) is 6.61 Å². The average molecular weight is 539 g/mol. The second-order valence-electron chi connectivity index (χ2n) is 7.26. The van der Waals surface area contributed by atoms with Gasteiger partial charge in [0.25, 0.3) is 5.91 Å². The summed E-state index contributed by atoms with van der Waals surface area (Å²) < 4.78 is 14.0. The molecule has 0 saturated carbocycles. The minimum absolute atomic E-state index is 0.312. The molecule has 4 rings (SSSR count). The Hall–Kier alpha value is -3.55. The lowest BCUT2D eigenvalue weighted by atomic mass is 10.1. The molecule has 172 valence electrons. The molecule has 34 heavy (non-hydrogen) atoms. The Kier molecular flexibility index (Phi) is 7.67. The van der Waals surface area contributed by atoms with Gasteiger partial charge in [-0.25, -0.2) is 5.43 Å². The first-order chi connectivity index (χ1) is 16.5. The van der Waals surface area contributed by atoms with Crippen molar-refractivity contribution >= 4 is 39.7 Å². The molecule has 0 aliphatic carbocycles. The average Bonchev–Trinajstić information content (AvgIpc) is 3.38. The minimum atomic E-state index is -0.312. The van der Waals surface area contributed by atoms with E-state index in [-0.39, 0.29) is 5.91 Å². The Bertz CT molecular complexity index is 1320. The van der Waals surface area contributed by atoms with Crippen molar-refractivity contribution in [3.05, 3.63) is 111 Å². The molecule has 0 unspecified atom stereocenters. The van der Waals surface area contributed by atoms with E-state index in [1.165, 1.54) is 0 Å². The predicted octanol–water partition coefficient (Wildman–Crippen LogP) is 6.24. The summed E-state index contributed by atoms with van der Waals surface area (Å²) in [5, 5.41) is 4.77. The van der Waals surface area contributed by atoms with Crippen LogP contribution in [0.4, 0.5) is 0 Å². The number of nitrogens with one attached hydrogen (secondary N) is 1. The number of hydrogen-bond acceptors (Lipinski definition) is 4. The van der Waals surface area contributed by atoms with E-state index in [0.717, 1.165) is 16.8 Å². The molecule has 0 bridgehead atoms. The summed E-state index contributed by atoms with van der Waals surface area (Å²) in [4.78, 5) is 12.7. The van der Waals surface area contributed by atoms with E-state index in [2.05, 4.69) is 26.5 Å². The Morgan fingerprint density at radius 2 is 1.88 bits per heavy atom. The number of hydrogen-bond donors (Lipinski definition) is 1. The van der Waals surface area contributed by atoms with Gasteiger partial charge in [0.05, 0.1) is 29.0 Å². The SMILES string of the molecule is COc1cc(C=NNC(=O)c2ccccc2-n2cccc2)cc(Br)c1OCc1cccc(Cl)c1. The highest BCUT2D eigenvalue weighted by atomic mass is 79.9. The zero-order valence-corrected chi connectivity index (χ0v) is 20.6. The van der Waals surface area contributed by atoms with Crippen LogP contribution < -0.4 is 14.9 Å². The van der Waals surface area contributed by atoms with Crippen molar-refractivity contribution in [2.45, 2.75) is 6.61 Å². The van der Waals surface area contributed by atoms with Gasteiger partial charge >= 0.3 is 0 Å². The Labute approximate surface area is 210 Å². The predicted molar refractivity (Wildman–Crippen MR) is 137 cm³/mol. The molecule has 0 radical (unpaired) electrons. The van der Waals surface area contributed by atoms with Gasteiger partial charge in [-0.3, -0.25) is 4.79 Å². The van der Waals surface area contributed by atoms with Crippen LogP contribution in [0.2, 0.25) is 5.02 Å². The van der Waals surface area contributed by atoms with Crippen LogP contribution >= 0.6 is 27.5 Å². The van der Waals surface area contributed by atoms with Gasteiger partial charge in [-0.05, 0) is 75.6 Å². The highest BCUT2D eigenvalue weighted by Gasteiger charge is 2.13. The Morgan fingerprint density at radius 3 is 2.65 bits per heavy atom. The lowest BCUT2D eigenvalue weighted by Gasteiger charge is -2.13. The third kappa shape index (κ3) is 5.68. The largest absolute Gasteiger partial charge is 0.493 e. The van der Waals surface area contributed by atoms with Crippen molar-refractivity contribution in [2.24, 2.45) is 5.10 Å². The summed E-state index contributed by atoms with van der Waals surface area (Å²) in [6.07, 6.45) is 5.31. The maximum atomic E-state index is 12.7. The molecule has 4 aromatic rings. The lowest BCUT2D eigenvalue weighted by molar-refractivity contribution is 0.0955. The van der Waals surface area contributed by atoms with Gasteiger partial charge in [0.1, 0.15) is 6.61 Å². The number of ether oxygens (including phenoxy) is 2. The van der Waals surface area contributed by atoms with Crippen molar-refractivity contribution in [1.82, 2.24) is 9.99 Å². The Morgan fingerprint density at radius 1 is 1.09 bits per heavy atom. The first kappa shape index (κ1) is 23.6. The highest BCUT2D eigenvalue weighted by Crippen LogP contribution is 2.37. The van der Waals surface area contributed by atoms with Gasteiger partial charge in [0.2, 0.25) is 0 Å². The number of rotatable bonds is 8. The number of benzene rings is 3. The van der Waals surface area contributed by atoms with Gasteiger partial charge in [0.15, 0.2) is 11.5 Å². The lowest BCUT2D eigenvalue weighted by Crippen LogP contribution is -2.19. The van der Waals surface area contributed by atoms with Gasteiger partial charge < -0.3 is 14.0 Å². The second-order valence-corrected chi connectivity index (χ2v) is 8.55. The van der Waals surface area contributed by atoms with E-state index in [1.807, 2.05) is 77.6 Å². The van der Waals surface area contributed by atoms with E-state index >= 15 is 0 Å². The summed E-state index contributed by atoms with van der Waals surface area (Å²) in [6, 6.07) is 22.2. The van der Waals surface area contributed by atoms with Gasteiger partial charge in [-0.15, -0.1) is 0 Å². The molecule has 3 aromatic carbocycles. The van der Waals surface area contributed by atoms with Crippen LogP contribution in [0.15, 0.2) is 94.8 Å². The Balaban J connectivity index is 1.46. The smallest absolute Gasteiger partial charge is 0.273 e. The normalized spacial score (nSPS) is 10.9. The molecule has 8 heteroatoms. The number of carbonyl (C=O) groups is 1. The zero-order chi connectivity index (χ0) is 23.9. The standard InChI is InChI=1S/C26H21BrClN3O3/c1-33-24-15-19(14-22(27)25(24)34-17-18-7-6-8-20(28)13-18)16-29-30-26(32)21-9-2-3-10-23(21)31-11-4-5-12-31/h2-16H,17H2,1H3,(H,30,32). The molecule has 1 aromatic heterocycles. The number of halogens is 2. The van der Waals surface area contributed by atoms with Crippen molar-refractivity contribution < 1.29 is 14.3 Å². The number of aromatic nitrogens is 1. The van der Waals surface area contributed by atoms with Crippen molar-refractivity contribution in [1.29, 1.82) is 0 Å². The van der Waals surface area contributed by atoms with Crippen molar-refractivity contribution in [2.75, 3.05) is 7.11 Å². The number of carbonyl (C=O) groups excluding carboxylic acids is 1. The maximum Gasteiger partial charge on any atom is 0.273 e. The number of nitrogens with zero attached hydrogens (tertiary/aromatic N) is 2. The van der Waals surface area contributed by atoms with Crippen LogP contribution in [0, 0.1) is 0 Å². The maximum absolute atomic E-state index is 12.7. The van der Waals surface area contributed by atoms with Crippen LogP contribution in [-0.4, -0.2) is 23.8 Å². The molecule has 1 amide bonds. The summed E-state index contributed by atoms with van der Waals surface area (Å²) in [5.41, 5.74) is 5.53. The molecular weight excluding hydrogens is 518 g/mol. The van der Waals surface area contributed by atoms with E-state index < -0.39 is 0 Å². The quantitative estimate of drug-likeness (QED) is 0.213. The van der Waals surface area contributed by atoms with Crippen molar-refractivity contribution in [3.8, 4) is 17.2 Å². The molecule has 0 aliphatic heterocycles. The van der Waals surface area contributed by atoms with E-state index in [0.29, 0.717) is 33.2 Å². The number of methoxy groups -OCH3 is 1. The molecule has 0 aliphatic rings. The first-order valence-electron chi connectivity index (χ1n) is 10.4. The van der Waals surface area contributed by atoms with E-state index in [1.54, 1.807) is 25.5 Å². The summed E-state index contributed by atoms with van der Waals surface area (Å²) >= 11 is 9.58. The highest BCUT2D eigenvalue weighted by molar-refractivity contribution is 9.10. The summed E-state index contributed by atoms with van der Waals surface area (Å²) in [5.74, 6) is 0.777. The first-order valence-corrected chi connectivity index (χ1v) is 11.5. The molecule has 1 heterocycles. The van der Waals surface area contributed by atoms with Crippen LogP contribution in [0.25, 0.3) is 5.69 Å². The number of para-hydroxylation sites is 1. The summed E-state index contributed by atoms with van der Waals surface area (Å²) in [6.45, 7) is 0.333. The van der Waals surface area contributed by atoms with Gasteiger partial charge in [0, 0.05) is 17.4 Å². The number of hydrazone groups is 1. The fraction of sp³-hybridized carbons (Fsp3) is 0.0769. The van der Waals surface area contributed by atoms with E-state index in [4.69, 9.17) is 21.1 Å². The monoisotopic (exact) mass is 537 g/mol. The molecular formula is C26H21BrClN3O3. The zero-order valence-electron chi connectivity index (χ0n) is 18.2. The third-order valence-corrected chi connectivity index (χ3v) is 5.76.